The van der Waals surface area contributed by atoms with E-state index in [1.807, 2.05) is 19.2 Å². The lowest BCUT2D eigenvalue weighted by molar-refractivity contribution is -0.127. The van der Waals surface area contributed by atoms with Crippen LogP contribution in [0.2, 0.25) is 0 Å². The first-order chi connectivity index (χ1) is 11.6. The molecule has 0 aliphatic heterocycles. The van der Waals surface area contributed by atoms with E-state index in [4.69, 9.17) is 0 Å². The topological polar surface area (TPSA) is 46.1 Å². The van der Waals surface area contributed by atoms with Crippen molar-refractivity contribution in [3.05, 3.63) is 35.4 Å². The fourth-order valence-electron chi connectivity index (χ4n) is 1.98. The van der Waals surface area contributed by atoms with Crippen LogP contribution in [0.15, 0.2) is 32.9 Å². The van der Waals surface area contributed by atoms with Crippen LogP contribution in [0.5, 0.6) is 0 Å². The lowest BCUT2D eigenvalue weighted by atomic mass is 10.1. The Balaban J connectivity index is 1.79. The van der Waals surface area contributed by atoms with E-state index in [0.717, 1.165) is 14.4 Å². The van der Waals surface area contributed by atoms with E-state index in [2.05, 4.69) is 36.2 Å². The number of hydrogen-bond donors (Lipinski definition) is 0. The summed E-state index contributed by atoms with van der Waals surface area (Å²) in [4.78, 5) is 14.1. The molecule has 0 atom stereocenters. The van der Waals surface area contributed by atoms with Crippen molar-refractivity contribution in [1.29, 1.82) is 0 Å². The van der Waals surface area contributed by atoms with E-state index in [0.29, 0.717) is 12.3 Å². The van der Waals surface area contributed by atoms with Crippen molar-refractivity contribution in [2.24, 2.45) is 0 Å². The maximum atomic E-state index is 12.3. The van der Waals surface area contributed by atoms with Crippen LogP contribution in [0.3, 0.4) is 0 Å². The fraction of sp³-hybridized carbons (Fsp3) is 0.471. The van der Waals surface area contributed by atoms with E-state index >= 15 is 0 Å². The van der Waals surface area contributed by atoms with Gasteiger partial charge in [-0.2, -0.15) is 0 Å². The van der Waals surface area contributed by atoms with E-state index in [1.54, 1.807) is 28.0 Å². The molecule has 7 heteroatoms. The number of benzene rings is 1. The van der Waals surface area contributed by atoms with Crippen molar-refractivity contribution in [2.75, 3.05) is 18.6 Å². The van der Waals surface area contributed by atoms with Crippen LogP contribution in [-0.4, -0.2) is 39.6 Å². The third kappa shape index (κ3) is 6.11. The van der Waals surface area contributed by atoms with E-state index in [-0.39, 0.29) is 5.91 Å². The molecule has 1 amide bonds. The molecule has 1 aromatic carbocycles. The molecule has 0 bridgehead atoms. The summed E-state index contributed by atoms with van der Waals surface area (Å²) < 4.78 is 1.86. The highest BCUT2D eigenvalue weighted by molar-refractivity contribution is 8.03. The average Bonchev–Trinajstić information content (AvgIpc) is 3.03. The smallest absolute Gasteiger partial charge is 0.233 e. The zero-order valence-electron chi connectivity index (χ0n) is 14.3. The molecule has 0 N–H and O–H groups in total. The second-order valence-corrected chi connectivity index (χ2v) is 9.04. The lowest BCUT2D eigenvalue weighted by Gasteiger charge is -2.18. The lowest BCUT2D eigenvalue weighted by Crippen LogP contribution is -2.28. The summed E-state index contributed by atoms with van der Waals surface area (Å²) in [6, 6.07) is 8.16. The molecule has 4 nitrogen and oxygen atoms in total. The highest BCUT2D eigenvalue weighted by atomic mass is 32.2. The number of nitrogens with zero attached hydrogens (tertiary/aromatic N) is 3. The number of carbonyl (C=O) groups excluding carboxylic acids is 1. The molecule has 0 radical (unpaired) electrons. The number of carbonyl (C=O) groups is 1. The van der Waals surface area contributed by atoms with Crippen molar-refractivity contribution >= 4 is 40.8 Å². The molecule has 0 saturated heterocycles. The third-order valence-electron chi connectivity index (χ3n) is 3.52. The minimum Gasteiger partial charge on any atom is -0.341 e. The first-order valence-corrected chi connectivity index (χ1v) is 10.8. The van der Waals surface area contributed by atoms with E-state index in [1.165, 1.54) is 35.7 Å². The van der Waals surface area contributed by atoms with Gasteiger partial charge in [-0.3, -0.25) is 4.79 Å². The number of thioether (sulfide) groups is 2. The van der Waals surface area contributed by atoms with E-state index in [9.17, 15) is 4.79 Å². The number of hydrogen-bond acceptors (Lipinski definition) is 6. The summed E-state index contributed by atoms with van der Waals surface area (Å²) in [5.74, 6) is 1.59. The molecule has 1 heterocycles. The standard InChI is InChI=1S/C17H23N3OS3/c1-4-5-10-22-16-18-19-17(24-16)23-12-15(21)20(3)11-14-9-7-6-8-13(14)2/h6-9H,4-5,10-12H2,1-3H3. The van der Waals surface area contributed by atoms with Crippen LogP contribution in [0.1, 0.15) is 30.9 Å². The molecule has 0 spiro atoms. The molecular formula is C17H23N3OS3. The first-order valence-electron chi connectivity index (χ1n) is 7.97. The van der Waals surface area contributed by atoms with Crippen LogP contribution in [0, 0.1) is 6.92 Å². The van der Waals surface area contributed by atoms with Crippen molar-refractivity contribution in [1.82, 2.24) is 15.1 Å². The monoisotopic (exact) mass is 381 g/mol. The van der Waals surface area contributed by atoms with Crippen molar-refractivity contribution in [3.63, 3.8) is 0 Å². The highest BCUT2D eigenvalue weighted by Gasteiger charge is 2.13. The van der Waals surface area contributed by atoms with Gasteiger partial charge in [0.05, 0.1) is 5.75 Å². The minimum absolute atomic E-state index is 0.110. The molecule has 2 rings (SSSR count). The Morgan fingerprint density at radius 1 is 1.21 bits per heavy atom. The number of aromatic nitrogens is 2. The van der Waals surface area contributed by atoms with Crippen LogP contribution in [0.4, 0.5) is 0 Å². The van der Waals surface area contributed by atoms with Crippen LogP contribution >= 0.6 is 34.9 Å². The van der Waals surface area contributed by atoms with Crippen LogP contribution in [-0.2, 0) is 11.3 Å². The zero-order valence-corrected chi connectivity index (χ0v) is 16.8. The first kappa shape index (κ1) is 19.3. The molecule has 0 aliphatic rings. The Morgan fingerprint density at radius 3 is 2.62 bits per heavy atom. The molecule has 24 heavy (non-hydrogen) atoms. The van der Waals surface area contributed by atoms with Gasteiger partial charge in [0.2, 0.25) is 5.91 Å². The predicted molar refractivity (Wildman–Crippen MR) is 104 cm³/mol. The Kier molecular flexibility index (Phi) is 8.08. The Morgan fingerprint density at radius 2 is 1.92 bits per heavy atom. The Bertz CT molecular complexity index is 660. The summed E-state index contributed by atoms with van der Waals surface area (Å²) in [7, 11) is 1.85. The molecule has 1 aromatic heterocycles. The summed E-state index contributed by atoms with van der Waals surface area (Å²) in [6.07, 6.45) is 2.38. The quantitative estimate of drug-likeness (QED) is 0.473. The summed E-state index contributed by atoms with van der Waals surface area (Å²) >= 11 is 4.79. The average molecular weight is 382 g/mol. The zero-order chi connectivity index (χ0) is 17.4. The maximum Gasteiger partial charge on any atom is 0.233 e. The summed E-state index contributed by atoms with van der Waals surface area (Å²) in [5.41, 5.74) is 2.39. The van der Waals surface area contributed by atoms with Gasteiger partial charge in [-0.1, -0.05) is 72.5 Å². The molecule has 130 valence electrons. The molecule has 0 unspecified atom stereocenters. The van der Waals surface area contributed by atoms with E-state index < -0.39 is 0 Å². The van der Waals surface area contributed by atoms with Crippen molar-refractivity contribution in [2.45, 2.75) is 41.9 Å². The number of rotatable bonds is 9. The number of amides is 1. The van der Waals surface area contributed by atoms with Gasteiger partial charge in [0.15, 0.2) is 8.68 Å². The van der Waals surface area contributed by atoms with Gasteiger partial charge >= 0.3 is 0 Å². The molecule has 0 fully saturated rings. The van der Waals surface area contributed by atoms with Gasteiger partial charge in [0.1, 0.15) is 0 Å². The van der Waals surface area contributed by atoms with Crippen molar-refractivity contribution < 1.29 is 4.79 Å². The van der Waals surface area contributed by atoms with Gasteiger partial charge in [-0.25, -0.2) is 0 Å². The fourth-order valence-corrected chi connectivity index (χ4v) is 5.10. The molecule has 0 saturated carbocycles. The molecule has 0 aliphatic carbocycles. The van der Waals surface area contributed by atoms with Gasteiger partial charge in [-0.15, -0.1) is 10.2 Å². The predicted octanol–water partition coefficient (Wildman–Crippen LogP) is 4.49. The van der Waals surface area contributed by atoms with Crippen LogP contribution in [0.25, 0.3) is 0 Å². The highest BCUT2D eigenvalue weighted by Crippen LogP contribution is 2.29. The summed E-state index contributed by atoms with van der Waals surface area (Å²) in [5, 5.41) is 8.34. The minimum atomic E-state index is 0.110. The van der Waals surface area contributed by atoms with Crippen molar-refractivity contribution in [3.8, 4) is 0 Å². The Labute approximate surface area is 156 Å². The molecular weight excluding hydrogens is 358 g/mol. The third-order valence-corrected chi connectivity index (χ3v) is 6.79. The normalized spacial score (nSPS) is 10.8. The molecule has 2 aromatic rings. The number of aryl methyl sites for hydroxylation is 1. The largest absolute Gasteiger partial charge is 0.341 e. The van der Waals surface area contributed by atoms with Gasteiger partial charge in [-0.05, 0) is 24.5 Å². The van der Waals surface area contributed by atoms with Crippen LogP contribution < -0.4 is 0 Å². The van der Waals surface area contributed by atoms with Gasteiger partial charge < -0.3 is 4.90 Å². The SMILES string of the molecule is CCCCSc1nnc(SCC(=O)N(C)Cc2ccccc2C)s1. The number of unbranched alkanes of at least 4 members (excludes halogenated alkanes) is 1. The maximum absolute atomic E-state index is 12.3. The second-order valence-electron chi connectivity index (χ2n) is 5.50. The summed E-state index contributed by atoms with van der Waals surface area (Å²) in [6.45, 7) is 4.89. The van der Waals surface area contributed by atoms with Gasteiger partial charge in [0.25, 0.3) is 0 Å². The second kappa shape index (κ2) is 10.1. The Hall–Kier alpha value is -1.05. The van der Waals surface area contributed by atoms with Gasteiger partial charge in [0, 0.05) is 19.3 Å².